The zero-order valence-electron chi connectivity index (χ0n) is 9.64. The Bertz CT molecular complexity index is 433. The lowest BCUT2D eigenvalue weighted by Gasteiger charge is -2.16. The third-order valence-electron chi connectivity index (χ3n) is 1.87. The minimum absolute atomic E-state index is 0.0829. The summed E-state index contributed by atoms with van der Waals surface area (Å²) in [4.78, 5) is 28.4. The summed E-state index contributed by atoms with van der Waals surface area (Å²) in [5.74, 6) is -0.607. The number of aromatic nitrogens is 2. The van der Waals surface area contributed by atoms with E-state index in [9.17, 15) is 9.59 Å². The maximum absolute atomic E-state index is 11.0. The van der Waals surface area contributed by atoms with Gasteiger partial charge in [-0.3, -0.25) is 9.59 Å². The second-order valence-electron chi connectivity index (χ2n) is 3.76. The minimum Gasteiger partial charge on any atom is -0.480 e. The van der Waals surface area contributed by atoms with Crippen LogP contribution in [0.2, 0.25) is 0 Å². The molecule has 0 aliphatic rings. The van der Waals surface area contributed by atoms with Gasteiger partial charge in [0.1, 0.15) is 6.04 Å². The van der Waals surface area contributed by atoms with E-state index in [0.717, 1.165) is 0 Å². The molecule has 0 spiro atoms. The fourth-order valence-corrected chi connectivity index (χ4v) is 2.05. The largest absolute Gasteiger partial charge is 0.480 e. The van der Waals surface area contributed by atoms with Gasteiger partial charge in [0.05, 0.1) is 0 Å². The van der Waals surface area contributed by atoms with E-state index >= 15 is 0 Å². The summed E-state index contributed by atoms with van der Waals surface area (Å²) in [6.45, 7) is 3.76. The number of aliphatic carboxylic acids is 1. The molecule has 0 aliphatic heterocycles. The van der Waals surface area contributed by atoms with Crippen molar-refractivity contribution in [2.45, 2.75) is 31.1 Å². The molecule has 0 fully saturated rings. The van der Waals surface area contributed by atoms with E-state index in [0.29, 0.717) is 10.9 Å². The fraction of sp³-hybridized carbons (Fsp3) is 0.500. The zero-order valence-corrected chi connectivity index (χ0v) is 10.5. The summed E-state index contributed by atoms with van der Waals surface area (Å²) in [5.41, 5.74) is -0.244. The molecule has 0 aliphatic carbocycles. The number of carboxylic acid groups (broad SMARTS) is 1. The number of nitrogens with one attached hydrogen (secondary N) is 2. The van der Waals surface area contributed by atoms with E-state index in [-0.39, 0.29) is 11.6 Å². The van der Waals surface area contributed by atoms with Gasteiger partial charge in [0.15, 0.2) is 5.16 Å². The van der Waals surface area contributed by atoms with Crippen molar-refractivity contribution in [1.82, 2.24) is 15.3 Å². The van der Waals surface area contributed by atoms with Crippen LogP contribution < -0.4 is 10.9 Å². The number of H-pyrrole nitrogens is 1. The predicted octanol–water partition coefficient (Wildman–Crippen LogP) is 0.313. The summed E-state index contributed by atoms with van der Waals surface area (Å²) in [7, 11) is 0. The van der Waals surface area contributed by atoms with E-state index in [1.165, 1.54) is 24.0 Å². The Morgan fingerprint density at radius 2 is 2.35 bits per heavy atom. The molecule has 17 heavy (non-hydrogen) atoms. The second-order valence-corrected chi connectivity index (χ2v) is 4.77. The van der Waals surface area contributed by atoms with E-state index < -0.39 is 12.0 Å². The molecule has 6 nitrogen and oxygen atoms in total. The van der Waals surface area contributed by atoms with Crippen LogP contribution in [0.3, 0.4) is 0 Å². The highest BCUT2D eigenvalue weighted by Crippen LogP contribution is 2.11. The van der Waals surface area contributed by atoms with Crippen LogP contribution in [-0.2, 0) is 4.79 Å². The van der Waals surface area contributed by atoms with Crippen molar-refractivity contribution in [3.8, 4) is 0 Å². The zero-order chi connectivity index (χ0) is 12.8. The van der Waals surface area contributed by atoms with Crippen LogP contribution in [0.25, 0.3) is 0 Å². The number of thioether (sulfide) groups is 1. The van der Waals surface area contributed by atoms with Crippen molar-refractivity contribution in [1.29, 1.82) is 0 Å². The van der Waals surface area contributed by atoms with Gasteiger partial charge in [-0.1, -0.05) is 25.6 Å². The highest BCUT2D eigenvalue weighted by atomic mass is 32.2. The molecule has 0 radical (unpaired) electrons. The monoisotopic (exact) mass is 257 g/mol. The Hall–Kier alpha value is -1.34. The summed E-state index contributed by atoms with van der Waals surface area (Å²) >= 11 is 1.20. The molecule has 3 N–H and O–H groups in total. The number of aromatic amines is 1. The topological polar surface area (TPSA) is 95.1 Å². The molecule has 7 heteroatoms. The van der Waals surface area contributed by atoms with E-state index in [4.69, 9.17) is 5.11 Å². The molecule has 0 aromatic carbocycles. The summed E-state index contributed by atoms with van der Waals surface area (Å²) in [5, 5.41) is 12.3. The van der Waals surface area contributed by atoms with Crippen molar-refractivity contribution in [2.75, 3.05) is 5.75 Å². The van der Waals surface area contributed by atoms with Crippen LogP contribution in [0.5, 0.6) is 0 Å². The summed E-state index contributed by atoms with van der Waals surface area (Å²) in [6.07, 6.45) is 1.40. The quantitative estimate of drug-likeness (QED) is 0.501. The Kier molecular flexibility index (Phi) is 5.17. The Morgan fingerprint density at radius 1 is 1.65 bits per heavy atom. The first kappa shape index (κ1) is 13.7. The number of hydrogen-bond donors (Lipinski definition) is 3. The SMILES string of the molecule is CC(C)NC(CSc1nccc(=O)[nH]1)C(=O)O. The van der Waals surface area contributed by atoms with Gasteiger partial charge in [-0.2, -0.15) is 0 Å². The lowest BCUT2D eigenvalue weighted by Crippen LogP contribution is -2.42. The number of carboxylic acids is 1. The van der Waals surface area contributed by atoms with Gasteiger partial charge < -0.3 is 15.4 Å². The first-order valence-corrected chi connectivity index (χ1v) is 6.14. The van der Waals surface area contributed by atoms with Gasteiger partial charge in [-0.15, -0.1) is 0 Å². The predicted molar refractivity (Wildman–Crippen MR) is 65.3 cm³/mol. The third-order valence-corrected chi connectivity index (χ3v) is 2.85. The molecule has 1 unspecified atom stereocenters. The first-order valence-electron chi connectivity index (χ1n) is 5.16. The smallest absolute Gasteiger partial charge is 0.321 e. The highest BCUT2D eigenvalue weighted by Gasteiger charge is 2.18. The first-order chi connectivity index (χ1) is 7.99. The number of carbonyl (C=O) groups is 1. The number of rotatable bonds is 6. The van der Waals surface area contributed by atoms with E-state index in [1.807, 2.05) is 13.8 Å². The fourth-order valence-electron chi connectivity index (χ4n) is 1.18. The molecule has 1 aromatic rings. The van der Waals surface area contributed by atoms with Gasteiger partial charge in [0.2, 0.25) is 0 Å². The van der Waals surface area contributed by atoms with Crippen LogP contribution in [-0.4, -0.2) is 38.9 Å². The molecule has 1 atom stereocenters. The van der Waals surface area contributed by atoms with Crippen molar-refractivity contribution < 1.29 is 9.90 Å². The maximum Gasteiger partial charge on any atom is 0.321 e. The van der Waals surface area contributed by atoms with Crippen LogP contribution in [0.1, 0.15) is 13.8 Å². The number of hydrogen-bond acceptors (Lipinski definition) is 5. The average molecular weight is 257 g/mol. The molecule has 1 heterocycles. The van der Waals surface area contributed by atoms with Gasteiger partial charge in [-0.25, -0.2) is 4.98 Å². The lowest BCUT2D eigenvalue weighted by molar-refractivity contribution is -0.139. The van der Waals surface area contributed by atoms with Gasteiger partial charge in [0.25, 0.3) is 5.56 Å². The summed E-state index contributed by atoms with van der Waals surface area (Å²) < 4.78 is 0. The third kappa shape index (κ3) is 5.01. The minimum atomic E-state index is -0.913. The summed E-state index contributed by atoms with van der Waals surface area (Å²) in [6, 6.07) is 0.732. The molecular weight excluding hydrogens is 242 g/mol. The molecule has 0 amide bonds. The normalized spacial score (nSPS) is 12.6. The van der Waals surface area contributed by atoms with E-state index in [2.05, 4.69) is 15.3 Å². The van der Waals surface area contributed by atoms with Crippen molar-refractivity contribution >= 4 is 17.7 Å². The standard InChI is InChI=1S/C10H15N3O3S/c1-6(2)12-7(9(15)16)5-17-10-11-4-3-8(14)13-10/h3-4,6-7,12H,5H2,1-2H3,(H,15,16)(H,11,13,14). The van der Waals surface area contributed by atoms with Crippen molar-refractivity contribution in [3.63, 3.8) is 0 Å². The Labute approximate surface area is 103 Å². The van der Waals surface area contributed by atoms with Crippen LogP contribution >= 0.6 is 11.8 Å². The molecule has 0 saturated heterocycles. The van der Waals surface area contributed by atoms with Crippen molar-refractivity contribution in [3.05, 3.63) is 22.6 Å². The molecule has 0 saturated carbocycles. The van der Waals surface area contributed by atoms with Gasteiger partial charge in [-0.05, 0) is 0 Å². The Morgan fingerprint density at radius 3 is 2.88 bits per heavy atom. The van der Waals surface area contributed by atoms with Crippen molar-refractivity contribution in [2.24, 2.45) is 0 Å². The maximum atomic E-state index is 11.0. The highest BCUT2D eigenvalue weighted by molar-refractivity contribution is 7.99. The number of nitrogens with zero attached hydrogens (tertiary/aromatic N) is 1. The van der Waals surface area contributed by atoms with Gasteiger partial charge >= 0.3 is 5.97 Å². The van der Waals surface area contributed by atoms with Crippen LogP contribution in [0.15, 0.2) is 22.2 Å². The average Bonchev–Trinajstić information content (AvgIpc) is 2.23. The molecule has 94 valence electrons. The molecule has 1 aromatic heterocycles. The Balaban J connectivity index is 2.57. The lowest BCUT2D eigenvalue weighted by atomic mass is 10.3. The van der Waals surface area contributed by atoms with E-state index in [1.54, 1.807) is 0 Å². The molecule has 0 bridgehead atoms. The van der Waals surface area contributed by atoms with Gasteiger partial charge in [0, 0.05) is 24.1 Å². The van der Waals surface area contributed by atoms with Crippen LogP contribution in [0.4, 0.5) is 0 Å². The van der Waals surface area contributed by atoms with Crippen LogP contribution in [0, 0.1) is 0 Å². The second kappa shape index (κ2) is 6.41. The molecular formula is C10H15N3O3S. The molecule has 1 rings (SSSR count).